The molecule has 6 heteroatoms. The van der Waals surface area contributed by atoms with E-state index in [1.165, 1.54) is 12.1 Å². The van der Waals surface area contributed by atoms with Crippen molar-refractivity contribution >= 4 is 35.0 Å². The van der Waals surface area contributed by atoms with Crippen LogP contribution < -0.4 is 10.6 Å². The van der Waals surface area contributed by atoms with Gasteiger partial charge in [-0.25, -0.2) is 0 Å². The highest BCUT2D eigenvalue weighted by atomic mass is 35.5. The first-order valence-electron chi connectivity index (χ1n) is 5.73. The van der Waals surface area contributed by atoms with E-state index in [0.29, 0.717) is 5.02 Å². The van der Waals surface area contributed by atoms with E-state index in [2.05, 4.69) is 10.6 Å². The van der Waals surface area contributed by atoms with E-state index in [4.69, 9.17) is 23.2 Å². The third-order valence-electron chi connectivity index (χ3n) is 2.10. The second-order valence-electron chi connectivity index (χ2n) is 5.11. The standard InChI is InChI=1S/C13H16Cl2N2O2/c1-13(2,3)17-11(18)7-16-12(19)9-5-4-8(14)6-10(9)15/h4-6H,7H2,1-3H3,(H,16,19)(H,17,18). The Kier molecular flexibility index (Phi) is 5.20. The van der Waals surface area contributed by atoms with Crippen LogP contribution >= 0.6 is 23.2 Å². The fraction of sp³-hybridized carbons (Fsp3) is 0.385. The molecule has 1 aromatic rings. The van der Waals surface area contributed by atoms with Crippen LogP contribution in [0.3, 0.4) is 0 Å². The molecule has 0 atom stereocenters. The van der Waals surface area contributed by atoms with Crippen LogP contribution in [0.1, 0.15) is 31.1 Å². The lowest BCUT2D eigenvalue weighted by Gasteiger charge is -2.20. The van der Waals surface area contributed by atoms with Gasteiger partial charge < -0.3 is 10.6 Å². The molecule has 0 saturated carbocycles. The number of nitrogens with one attached hydrogen (secondary N) is 2. The van der Waals surface area contributed by atoms with Crippen molar-refractivity contribution in [3.05, 3.63) is 33.8 Å². The summed E-state index contributed by atoms with van der Waals surface area (Å²) in [4.78, 5) is 23.4. The van der Waals surface area contributed by atoms with Gasteiger partial charge in [0.2, 0.25) is 5.91 Å². The summed E-state index contributed by atoms with van der Waals surface area (Å²) >= 11 is 11.6. The first-order valence-corrected chi connectivity index (χ1v) is 6.49. The van der Waals surface area contributed by atoms with Crippen LogP contribution in [0.5, 0.6) is 0 Å². The number of halogens is 2. The molecule has 19 heavy (non-hydrogen) atoms. The molecule has 0 bridgehead atoms. The van der Waals surface area contributed by atoms with Crippen LogP contribution in [0.4, 0.5) is 0 Å². The molecule has 0 saturated heterocycles. The van der Waals surface area contributed by atoms with Gasteiger partial charge in [-0.05, 0) is 39.0 Å². The second-order valence-corrected chi connectivity index (χ2v) is 5.95. The molecule has 0 aliphatic carbocycles. The zero-order valence-corrected chi connectivity index (χ0v) is 12.5. The molecule has 0 unspecified atom stereocenters. The van der Waals surface area contributed by atoms with E-state index >= 15 is 0 Å². The Morgan fingerprint density at radius 1 is 1.21 bits per heavy atom. The summed E-state index contributed by atoms with van der Waals surface area (Å²) in [6, 6.07) is 4.56. The third kappa shape index (κ3) is 5.49. The molecule has 0 aromatic heterocycles. The van der Waals surface area contributed by atoms with E-state index in [9.17, 15) is 9.59 Å². The van der Waals surface area contributed by atoms with Gasteiger partial charge in [-0.1, -0.05) is 23.2 Å². The van der Waals surface area contributed by atoms with Crippen LogP contribution in [-0.2, 0) is 4.79 Å². The summed E-state index contributed by atoms with van der Waals surface area (Å²) in [5.41, 5.74) is -0.0469. The lowest BCUT2D eigenvalue weighted by Crippen LogP contribution is -2.45. The maximum absolute atomic E-state index is 11.8. The van der Waals surface area contributed by atoms with E-state index in [-0.39, 0.29) is 28.6 Å². The molecule has 0 radical (unpaired) electrons. The number of carbonyl (C=O) groups excluding carboxylic acids is 2. The molecule has 0 fully saturated rings. The molecule has 104 valence electrons. The molecule has 1 rings (SSSR count). The first-order chi connectivity index (χ1) is 8.69. The van der Waals surface area contributed by atoms with Crippen LogP contribution in [0.15, 0.2) is 18.2 Å². The first kappa shape index (κ1) is 15.8. The predicted molar refractivity (Wildman–Crippen MR) is 76.7 cm³/mol. The topological polar surface area (TPSA) is 58.2 Å². The summed E-state index contributed by atoms with van der Waals surface area (Å²) in [6.07, 6.45) is 0. The van der Waals surface area contributed by atoms with Crippen LogP contribution in [0.25, 0.3) is 0 Å². The quantitative estimate of drug-likeness (QED) is 0.902. The number of hydrogen-bond donors (Lipinski definition) is 2. The molecular formula is C13H16Cl2N2O2. The van der Waals surface area contributed by atoms with Gasteiger partial charge in [-0.15, -0.1) is 0 Å². The van der Waals surface area contributed by atoms with Crippen molar-refractivity contribution < 1.29 is 9.59 Å². The molecule has 2 amide bonds. The highest BCUT2D eigenvalue weighted by Crippen LogP contribution is 2.20. The molecule has 0 aliphatic heterocycles. The number of hydrogen-bond acceptors (Lipinski definition) is 2. The third-order valence-corrected chi connectivity index (χ3v) is 2.65. The maximum atomic E-state index is 11.8. The van der Waals surface area contributed by atoms with Gasteiger partial charge in [0.25, 0.3) is 5.91 Å². The SMILES string of the molecule is CC(C)(C)NC(=O)CNC(=O)c1ccc(Cl)cc1Cl. The number of carbonyl (C=O) groups is 2. The van der Waals surface area contributed by atoms with Crippen LogP contribution in [0.2, 0.25) is 10.0 Å². The van der Waals surface area contributed by atoms with Crippen molar-refractivity contribution in [2.24, 2.45) is 0 Å². The van der Waals surface area contributed by atoms with Crippen molar-refractivity contribution in [3.8, 4) is 0 Å². The summed E-state index contributed by atoms with van der Waals surface area (Å²) < 4.78 is 0. The molecule has 0 spiro atoms. The smallest absolute Gasteiger partial charge is 0.253 e. The normalized spacial score (nSPS) is 11.0. The van der Waals surface area contributed by atoms with Crippen molar-refractivity contribution in [2.75, 3.05) is 6.54 Å². The Labute approximate surface area is 122 Å². The molecule has 1 aromatic carbocycles. The Hall–Kier alpha value is -1.26. The lowest BCUT2D eigenvalue weighted by molar-refractivity contribution is -0.121. The highest BCUT2D eigenvalue weighted by Gasteiger charge is 2.15. The predicted octanol–water partition coefficient (Wildman–Crippen LogP) is 2.64. The average molecular weight is 303 g/mol. The van der Waals surface area contributed by atoms with E-state index in [1.807, 2.05) is 20.8 Å². The lowest BCUT2D eigenvalue weighted by atomic mass is 10.1. The molecule has 0 heterocycles. The van der Waals surface area contributed by atoms with Crippen LogP contribution in [0, 0.1) is 0 Å². The number of rotatable bonds is 3. The largest absolute Gasteiger partial charge is 0.350 e. The van der Waals surface area contributed by atoms with Gasteiger partial charge in [0.15, 0.2) is 0 Å². The van der Waals surface area contributed by atoms with Crippen molar-refractivity contribution in [3.63, 3.8) is 0 Å². The second kappa shape index (κ2) is 6.26. The van der Waals surface area contributed by atoms with Gasteiger partial charge in [-0.3, -0.25) is 9.59 Å². The molecule has 2 N–H and O–H groups in total. The fourth-order valence-corrected chi connectivity index (χ4v) is 1.89. The molecular weight excluding hydrogens is 287 g/mol. The van der Waals surface area contributed by atoms with Gasteiger partial charge in [-0.2, -0.15) is 0 Å². The number of benzene rings is 1. The van der Waals surface area contributed by atoms with Crippen LogP contribution in [-0.4, -0.2) is 23.9 Å². The van der Waals surface area contributed by atoms with E-state index in [0.717, 1.165) is 0 Å². The summed E-state index contributed by atoms with van der Waals surface area (Å²) in [7, 11) is 0. The van der Waals surface area contributed by atoms with Gasteiger partial charge in [0.05, 0.1) is 17.1 Å². The monoisotopic (exact) mass is 302 g/mol. The van der Waals surface area contributed by atoms with Crippen molar-refractivity contribution in [1.29, 1.82) is 0 Å². The highest BCUT2D eigenvalue weighted by molar-refractivity contribution is 6.36. The Morgan fingerprint density at radius 2 is 1.84 bits per heavy atom. The Bertz CT molecular complexity index is 496. The summed E-state index contributed by atoms with van der Waals surface area (Å²) in [5, 5.41) is 5.95. The Balaban J connectivity index is 2.59. The van der Waals surface area contributed by atoms with Crippen molar-refractivity contribution in [1.82, 2.24) is 10.6 Å². The summed E-state index contributed by atoms with van der Waals surface area (Å²) in [5.74, 6) is -0.670. The minimum atomic E-state index is -0.411. The van der Waals surface area contributed by atoms with Gasteiger partial charge in [0.1, 0.15) is 0 Å². The number of amides is 2. The Morgan fingerprint density at radius 3 is 2.37 bits per heavy atom. The minimum Gasteiger partial charge on any atom is -0.350 e. The van der Waals surface area contributed by atoms with Gasteiger partial charge >= 0.3 is 0 Å². The van der Waals surface area contributed by atoms with Crippen molar-refractivity contribution in [2.45, 2.75) is 26.3 Å². The zero-order chi connectivity index (χ0) is 14.6. The minimum absolute atomic E-state index is 0.102. The van der Waals surface area contributed by atoms with E-state index < -0.39 is 5.91 Å². The zero-order valence-electron chi connectivity index (χ0n) is 11.0. The summed E-state index contributed by atoms with van der Waals surface area (Å²) in [6.45, 7) is 5.49. The fourth-order valence-electron chi connectivity index (χ4n) is 1.39. The molecule has 0 aliphatic rings. The maximum Gasteiger partial charge on any atom is 0.253 e. The average Bonchev–Trinajstić information content (AvgIpc) is 2.23. The molecule has 4 nitrogen and oxygen atoms in total. The van der Waals surface area contributed by atoms with Gasteiger partial charge in [0, 0.05) is 10.6 Å². The van der Waals surface area contributed by atoms with E-state index in [1.54, 1.807) is 6.07 Å².